The van der Waals surface area contributed by atoms with Crippen molar-refractivity contribution >= 4 is 16.9 Å². The Morgan fingerprint density at radius 1 is 1.43 bits per heavy atom. The Bertz CT molecular complexity index is 459. The molecule has 0 atom stereocenters. The van der Waals surface area contributed by atoms with Gasteiger partial charge < -0.3 is 9.73 Å². The van der Waals surface area contributed by atoms with Gasteiger partial charge in [0.15, 0.2) is 0 Å². The molecule has 0 aliphatic heterocycles. The van der Waals surface area contributed by atoms with E-state index in [0.29, 0.717) is 12.1 Å². The van der Waals surface area contributed by atoms with E-state index in [-0.39, 0.29) is 5.91 Å². The van der Waals surface area contributed by atoms with Gasteiger partial charge in [-0.15, -0.1) is 0 Å². The second-order valence-corrected chi connectivity index (χ2v) is 3.03. The molecule has 0 fully saturated rings. The van der Waals surface area contributed by atoms with Crippen LogP contribution in [0.25, 0.3) is 11.0 Å². The van der Waals surface area contributed by atoms with E-state index >= 15 is 0 Å². The maximum absolute atomic E-state index is 11.5. The molecule has 1 aromatic carbocycles. The topological polar surface area (TPSA) is 42.2 Å². The summed E-state index contributed by atoms with van der Waals surface area (Å²) in [5.41, 5.74) is 1.47. The molecule has 1 N–H and O–H groups in total. The van der Waals surface area contributed by atoms with Gasteiger partial charge in [-0.3, -0.25) is 4.79 Å². The number of furan rings is 1. The monoisotopic (exact) mass is 189 g/mol. The van der Waals surface area contributed by atoms with E-state index < -0.39 is 0 Å². The highest BCUT2D eigenvalue weighted by Crippen LogP contribution is 2.16. The fourth-order valence-electron chi connectivity index (χ4n) is 1.37. The summed E-state index contributed by atoms with van der Waals surface area (Å²) >= 11 is 0. The van der Waals surface area contributed by atoms with Crippen LogP contribution in [-0.4, -0.2) is 12.5 Å². The van der Waals surface area contributed by atoms with Crippen molar-refractivity contribution in [3.8, 4) is 0 Å². The van der Waals surface area contributed by atoms with Gasteiger partial charge in [-0.05, 0) is 31.2 Å². The average molecular weight is 189 g/mol. The Kier molecular flexibility index (Phi) is 2.23. The van der Waals surface area contributed by atoms with E-state index in [0.717, 1.165) is 11.0 Å². The summed E-state index contributed by atoms with van der Waals surface area (Å²) in [6.45, 7) is 2.54. The lowest BCUT2D eigenvalue weighted by Gasteiger charge is -2.01. The van der Waals surface area contributed by atoms with Crippen LogP contribution in [0.2, 0.25) is 0 Å². The van der Waals surface area contributed by atoms with Crippen molar-refractivity contribution in [3.05, 3.63) is 36.1 Å². The van der Waals surface area contributed by atoms with Crippen LogP contribution in [0.15, 0.2) is 34.9 Å². The second-order valence-electron chi connectivity index (χ2n) is 3.03. The number of carbonyl (C=O) groups excluding carboxylic acids is 1. The Morgan fingerprint density at radius 3 is 3.07 bits per heavy atom. The van der Waals surface area contributed by atoms with Crippen molar-refractivity contribution in [1.82, 2.24) is 5.32 Å². The van der Waals surface area contributed by atoms with Crippen LogP contribution in [0.4, 0.5) is 0 Å². The number of nitrogens with one attached hydrogen (secondary N) is 1. The van der Waals surface area contributed by atoms with Gasteiger partial charge in [0.2, 0.25) is 0 Å². The van der Waals surface area contributed by atoms with Crippen LogP contribution in [0, 0.1) is 0 Å². The zero-order chi connectivity index (χ0) is 9.97. The summed E-state index contributed by atoms with van der Waals surface area (Å²) in [7, 11) is 0. The molecule has 1 aromatic heterocycles. The second kappa shape index (κ2) is 3.54. The number of rotatable bonds is 2. The first-order chi connectivity index (χ1) is 6.81. The van der Waals surface area contributed by atoms with Gasteiger partial charge in [0, 0.05) is 17.5 Å². The number of fused-ring (bicyclic) bond motifs is 1. The predicted molar refractivity (Wildman–Crippen MR) is 54.2 cm³/mol. The van der Waals surface area contributed by atoms with Crippen molar-refractivity contribution in [1.29, 1.82) is 0 Å². The largest absolute Gasteiger partial charge is 0.464 e. The zero-order valence-corrected chi connectivity index (χ0v) is 7.91. The van der Waals surface area contributed by atoms with Crippen LogP contribution in [0.3, 0.4) is 0 Å². The molecule has 1 heterocycles. The summed E-state index contributed by atoms with van der Waals surface area (Å²) in [5, 5.41) is 3.70. The lowest BCUT2D eigenvalue weighted by Crippen LogP contribution is -2.22. The van der Waals surface area contributed by atoms with Crippen LogP contribution < -0.4 is 5.32 Å². The maximum atomic E-state index is 11.5. The Labute approximate surface area is 81.7 Å². The summed E-state index contributed by atoms with van der Waals surface area (Å²) in [4.78, 5) is 11.5. The molecule has 0 aliphatic rings. The molecule has 0 aliphatic carbocycles. The van der Waals surface area contributed by atoms with E-state index in [4.69, 9.17) is 4.42 Å². The molecule has 14 heavy (non-hydrogen) atoms. The van der Waals surface area contributed by atoms with Gasteiger partial charge >= 0.3 is 0 Å². The molecule has 0 radical (unpaired) electrons. The minimum absolute atomic E-state index is 0.0457. The third-order valence-electron chi connectivity index (χ3n) is 2.05. The van der Waals surface area contributed by atoms with E-state index in [1.54, 1.807) is 18.4 Å². The third-order valence-corrected chi connectivity index (χ3v) is 2.05. The van der Waals surface area contributed by atoms with Gasteiger partial charge in [0.25, 0.3) is 5.91 Å². The lowest BCUT2D eigenvalue weighted by molar-refractivity contribution is 0.0956. The summed E-state index contributed by atoms with van der Waals surface area (Å²) < 4.78 is 5.18. The fourth-order valence-corrected chi connectivity index (χ4v) is 1.37. The van der Waals surface area contributed by atoms with Crippen molar-refractivity contribution < 1.29 is 9.21 Å². The van der Waals surface area contributed by atoms with Crippen LogP contribution in [0.1, 0.15) is 17.3 Å². The van der Waals surface area contributed by atoms with E-state index in [1.165, 1.54) is 0 Å². The SMILES string of the molecule is CCNC(=O)c1ccc2occc2c1. The maximum Gasteiger partial charge on any atom is 0.251 e. The molecule has 0 spiro atoms. The molecule has 3 heteroatoms. The Balaban J connectivity index is 2.38. The first-order valence-electron chi connectivity index (χ1n) is 4.56. The highest BCUT2D eigenvalue weighted by Gasteiger charge is 2.05. The summed E-state index contributed by atoms with van der Waals surface area (Å²) in [6, 6.07) is 7.23. The smallest absolute Gasteiger partial charge is 0.251 e. The van der Waals surface area contributed by atoms with Crippen LogP contribution >= 0.6 is 0 Å². The van der Waals surface area contributed by atoms with Gasteiger partial charge in [0.1, 0.15) is 5.58 Å². The molecule has 0 bridgehead atoms. The molecule has 2 rings (SSSR count). The van der Waals surface area contributed by atoms with Crippen molar-refractivity contribution in [2.24, 2.45) is 0 Å². The Hall–Kier alpha value is -1.77. The number of hydrogen-bond acceptors (Lipinski definition) is 2. The minimum Gasteiger partial charge on any atom is -0.464 e. The summed E-state index contributed by atoms with van der Waals surface area (Å²) in [6.07, 6.45) is 1.62. The third kappa shape index (κ3) is 1.48. The molecule has 3 nitrogen and oxygen atoms in total. The predicted octanol–water partition coefficient (Wildman–Crippen LogP) is 2.18. The molecule has 2 aromatic rings. The fraction of sp³-hybridized carbons (Fsp3) is 0.182. The molecule has 0 saturated heterocycles. The molecule has 1 amide bonds. The average Bonchev–Trinajstić information content (AvgIpc) is 2.64. The van der Waals surface area contributed by atoms with Crippen molar-refractivity contribution in [2.75, 3.05) is 6.54 Å². The minimum atomic E-state index is -0.0457. The number of hydrogen-bond donors (Lipinski definition) is 1. The molecule has 0 unspecified atom stereocenters. The van der Waals surface area contributed by atoms with Gasteiger partial charge in [-0.25, -0.2) is 0 Å². The quantitative estimate of drug-likeness (QED) is 0.786. The summed E-state index contributed by atoms with van der Waals surface area (Å²) in [5.74, 6) is -0.0457. The molecule has 0 saturated carbocycles. The zero-order valence-electron chi connectivity index (χ0n) is 7.91. The van der Waals surface area contributed by atoms with Crippen molar-refractivity contribution in [3.63, 3.8) is 0 Å². The lowest BCUT2D eigenvalue weighted by atomic mass is 10.1. The van der Waals surface area contributed by atoms with E-state index in [9.17, 15) is 4.79 Å². The normalized spacial score (nSPS) is 10.4. The van der Waals surface area contributed by atoms with Crippen molar-refractivity contribution in [2.45, 2.75) is 6.92 Å². The molecular weight excluding hydrogens is 178 g/mol. The highest BCUT2D eigenvalue weighted by atomic mass is 16.3. The van der Waals surface area contributed by atoms with Gasteiger partial charge in [0.05, 0.1) is 6.26 Å². The molecular formula is C11H11NO2. The van der Waals surface area contributed by atoms with Gasteiger partial charge in [-0.1, -0.05) is 0 Å². The highest BCUT2D eigenvalue weighted by molar-refractivity contribution is 5.97. The first-order valence-corrected chi connectivity index (χ1v) is 4.56. The first kappa shape index (κ1) is 8.81. The Morgan fingerprint density at radius 2 is 2.29 bits per heavy atom. The molecule has 72 valence electrons. The number of carbonyl (C=O) groups is 1. The number of amides is 1. The van der Waals surface area contributed by atoms with Crippen LogP contribution in [0.5, 0.6) is 0 Å². The number of benzene rings is 1. The van der Waals surface area contributed by atoms with Gasteiger partial charge in [-0.2, -0.15) is 0 Å². The van der Waals surface area contributed by atoms with E-state index in [1.807, 2.05) is 19.1 Å². The van der Waals surface area contributed by atoms with E-state index in [2.05, 4.69) is 5.32 Å². The van der Waals surface area contributed by atoms with Crippen LogP contribution in [-0.2, 0) is 0 Å². The standard InChI is InChI=1S/C11H11NO2/c1-2-12-11(13)9-3-4-10-8(7-9)5-6-14-10/h3-7H,2H2,1H3,(H,12,13).